The van der Waals surface area contributed by atoms with Gasteiger partial charge in [0.1, 0.15) is 0 Å². The molecule has 0 radical (unpaired) electrons. The van der Waals surface area contributed by atoms with Gasteiger partial charge in [-0.1, -0.05) is 21.6 Å². The van der Waals surface area contributed by atoms with E-state index in [1.54, 1.807) is 0 Å². The van der Waals surface area contributed by atoms with Crippen LogP contribution in [0.15, 0.2) is 24.3 Å². The lowest BCUT2D eigenvalue weighted by molar-refractivity contribution is 0.725. The zero-order valence-electron chi connectivity index (χ0n) is 12.8. The molecule has 4 heteroatoms. The lowest BCUT2D eigenvalue weighted by Gasteiger charge is -2.10. The van der Waals surface area contributed by atoms with Crippen molar-refractivity contribution in [3.63, 3.8) is 0 Å². The molecule has 0 bridgehead atoms. The van der Waals surface area contributed by atoms with Crippen molar-refractivity contribution in [2.24, 2.45) is 0 Å². The van der Waals surface area contributed by atoms with E-state index in [2.05, 4.69) is 61.1 Å². The van der Waals surface area contributed by atoms with Crippen LogP contribution in [0.3, 0.4) is 0 Å². The normalized spacial score (nSPS) is 11.2. The molecule has 2 aromatic rings. The Hall–Kier alpha value is -0.740. The standard InChI is InChI=1S/C16H24N2S2/c1-13-5-6-14(2)17(13)9-11-19-20-12-10-18-15(3)7-8-16(18)4/h5-8H,9-12H2,1-4H3. The largest absolute Gasteiger partial charge is 0.348 e. The maximum absolute atomic E-state index is 2.40. The van der Waals surface area contributed by atoms with Crippen LogP contribution in [0.1, 0.15) is 22.8 Å². The highest BCUT2D eigenvalue weighted by molar-refractivity contribution is 8.76. The van der Waals surface area contributed by atoms with Crippen molar-refractivity contribution in [2.45, 2.75) is 40.8 Å². The van der Waals surface area contributed by atoms with Crippen LogP contribution in [0, 0.1) is 27.7 Å². The van der Waals surface area contributed by atoms with Gasteiger partial charge in [-0.2, -0.15) is 0 Å². The zero-order chi connectivity index (χ0) is 14.5. The van der Waals surface area contributed by atoms with Gasteiger partial charge in [0.05, 0.1) is 0 Å². The van der Waals surface area contributed by atoms with Gasteiger partial charge in [-0.25, -0.2) is 0 Å². The summed E-state index contributed by atoms with van der Waals surface area (Å²) in [6.45, 7) is 11.0. The SMILES string of the molecule is Cc1ccc(C)n1CCSSCCn1c(C)ccc1C. The first-order valence-corrected chi connectivity index (χ1v) is 9.58. The summed E-state index contributed by atoms with van der Waals surface area (Å²) in [7, 11) is 3.97. The van der Waals surface area contributed by atoms with Crippen LogP contribution < -0.4 is 0 Å². The van der Waals surface area contributed by atoms with E-state index in [-0.39, 0.29) is 0 Å². The van der Waals surface area contributed by atoms with Crippen LogP contribution in [-0.2, 0) is 13.1 Å². The van der Waals surface area contributed by atoms with E-state index in [0.717, 1.165) is 13.1 Å². The minimum atomic E-state index is 1.11. The van der Waals surface area contributed by atoms with E-state index in [9.17, 15) is 0 Å². The summed E-state index contributed by atoms with van der Waals surface area (Å²) < 4.78 is 4.79. The first-order chi connectivity index (χ1) is 9.59. The lowest BCUT2D eigenvalue weighted by atomic mass is 10.5. The van der Waals surface area contributed by atoms with Gasteiger partial charge >= 0.3 is 0 Å². The molecule has 2 rings (SSSR count). The third-order valence-electron chi connectivity index (χ3n) is 3.71. The Morgan fingerprint density at radius 2 is 0.950 bits per heavy atom. The van der Waals surface area contributed by atoms with Crippen LogP contribution in [0.2, 0.25) is 0 Å². The average Bonchev–Trinajstić information content (AvgIpc) is 2.90. The van der Waals surface area contributed by atoms with Crippen molar-refractivity contribution in [3.8, 4) is 0 Å². The Balaban J connectivity index is 1.65. The minimum absolute atomic E-state index is 1.11. The monoisotopic (exact) mass is 308 g/mol. The van der Waals surface area contributed by atoms with Gasteiger partial charge in [0.15, 0.2) is 0 Å². The molecule has 0 atom stereocenters. The fourth-order valence-electron chi connectivity index (χ4n) is 2.48. The van der Waals surface area contributed by atoms with Crippen molar-refractivity contribution in [2.75, 3.05) is 11.5 Å². The van der Waals surface area contributed by atoms with Gasteiger partial charge in [-0.3, -0.25) is 0 Å². The highest BCUT2D eigenvalue weighted by Crippen LogP contribution is 2.23. The van der Waals surface area contributed by atoms with E-state index in [4.69, 9.17) is 0 Å². The predicted octanol–water partition coefficient (Wildman–Crippen LogP) is 4.60. The molecule has 0 N–H and O–H groups in total. The number of hydrogen-bond donors (Lipinski definition) is 0. The molecule has 0 saturated carbocycles. The Morgan fingerprint density at radius 3 is 1.25 bits per heavy atom. The van der Waals surface area contributed by atoms with Crippen LogP contribution in [0.4, 0.5) is 0 Å². The number of hydrogen-bond acceptors (Lipinski definition) is 2. The smallest absolute Gasteiger partial charge is 0.0323 e. The Morgan fingerprint density at radius 1 is 0.650 bits per heavy atom. The average molecular weight is 309 g/mol. The fourth-order valence-corrected chi connectivity index (χ4v) is 4.38. The quantitative estimate of drug-likeness (QED) is 0.546. The number of aromatic nitrogens is 2. The summed E-state index contributed by atoms with van der Waals surface area (Å²) in [6, 6.07) is 8.80. The molecule has 0 aromatic carbocycles. The molecule has 0 aliphatic rings. The van der Waals surface area contributed by atoms with Crippen molar-refractivity contribution in [3.05, 3.63) is 47.0 Å². The molecular formula is C16H24N2S2. The molecular weight excluding hydrogens is 284 g/mol. The zero-order valence-corrected chi connectivity index (χ0v) is 14.5. The summed E-state index contributed by atoms with van der Waals surface area (Å²) in [5.74, 6) is 2.34. The van der Waals surface area contributed by atoms with Crippen LogP contribution in [0.5, 0.6) is 0 Å². The second-order valence-corrected chi connectivity index (χ2v) is 7.88. The van der Waals surface area contributed by atoms with E-state index < -0.39 is 0 Å². The molecule has 0 spiro atoms. The topological polar surface area (TPSA) is 9.86 Å². The van der Waals surface area contributed by atoms with Gasteiger partial charge in [0.25, 0.3) is 0 Å². The van der Waals surface area contributed by atoms with Crippen molar-refractivity contribution >= 4 is 21.6 Å². The molecule has 0 aliphatic heterocycles. The van der Waals surface area contributed by atoms with Crippen LogP contribution >= 0.6 is 21.6 Å². The molecule has 0 aliphatic carbocycles. The Labute approximate surface area is 130 Å². The molecule has 2 aromatic heterocycles. The van der Waals surface area contributed by atoms with E-state index in [0.29, 0.717) is 0 Å². The summed E-state index contributed by atoms with van der Waals surface area (Å²) in [4.78, 5) is 0. The second-order valence-electron chi connectivity index (χ2n) is 5.18. The van der Waals surface area contributed by atoms with Gasteiger partial charge in [-0.15, -0.1) is 0 Å². The lowest BCUT2D eigenvalue weighted by Crippen LogP contribution is -2.05. The number of nitrogens with zero attached hydrogens (tertiary/aromatic N) is 2. The number of rotatable bonds is 7. The summed E-state index contributed by atoms with van der Waals surface area (Å²) >= 11 is 0. The highest BCUT2D eigenvalue weighted by atomic mass is 33.1. The van der Waals surface area contributed by atoms with Gasteiger partial charge in [-0.05, 0) is 52.0 Å². The van der Waals surface area contributed by atoms with Crippen LogP contribution in [0.25, 0.3) is 0 Å². The highest BCUT2D eigenvalue weighted by Gasteiger charge is 2.02. The molecule has 2 nitrogen and oxygen atoms in total. The second kappa shape index (κ2) is 7.32. The van der Waals surface area contributed by atoms with Gasteiger partial charge in [0.2, 0.25) is 0 Å². The number of aryl methyl sites for hydroxylation is 4. The minimum Gasteiger partial charge on any atom is -0.348 e. The van der Waals surface area contributed by atoms with E-state index in [1.165, 1.54) is 34.3 Å². The van der Waals surface area contributed by atoms with E-state index in [1.807, 2.05) is 21.6 Å². The summed E-state index contributed by atoms with van der Waals surface area (Å²) in [5, 5.41) is 0. The molecule has 2 heterocycles. The molecule has 20 heavy (non-hydrogen) atoms. The molecule has 0 fully saturated rings. The van der Waals surface area contributed by atoms with Crippen molar-refractivity contribution < 1.29 is 0 Å². The predicted molar refractivity (Wildman–Crippen MR) is 92.7 cm³/mol. The van der Waals surface area contributed by atoms with E-state index >= 15 is 0 Å². The first-order valence-electron chi connectivity index (χ1n) is 7.09. The summed E-state index contributed by atoms with van der Waals surface area (Å²) in [6.07, 6.45) is 0. The molecule has 110 valence electrons. The maximum Gasteiger partial charge on any atom is 0.0323 e. The Kier molecular flexibility index (Phi) is 5.73. The maximum atomic E-state index is 2.40. The van der Waals surface area contributed by atoms with Crippen molar-refractivity contribution in [1.82, 2.24) is 9.13 Å². The third-order valence-corrected chi connectivity index (χ3v) is 6.08. The molecule has 0 saturated heterocycles. The van der Waals surface area contributed by atoms with Gasteiger partial charge in [0, 0.05) is 47.4 Å². The van der Waals surface area contributed by atoms with Crippen LogP contribution in [-0.4, -0.2) is 20.6 Å². The fraction of sp³-hybridized carbons (Fsp3) is 0.500. The third kappa shape index (κ3) is 3.89. The van der Waals surface area contributed by atoms with Gasteiger partial charge < -0.3 is 9.13 Å². The summed E-state index contributed by atoms with van der Waals surface area (Å²) in [5.41, 5.74) is 5.47. The Bertz CT molecular complexity index is 466. The first kappa shape index (κ1) is 15.6. The van der Waals surface area contributed by atoms with Crippen molar-refractivity contribution in [1.29, 1.82) is 0 Å². The molecule has 0 amide bonds. The molecule has 0 unspecified atom stereocenters.